The highest BCUT2D eigenvalue weighted by atomic mass is 35.5. The maximum absolute atomic E-state index is 13.8. The Balaban J connectivity index is 1.69. The van der Waals surface area contributed by atoms with Crippen LogP contribution in [0.4, 0.5) is 37.7 Å². The maximum atomic E-state index is 13.8. The predicted molar refractivity (Wildman–Crippen MR) is 116 cm³/mol. The third-order valence-corrected chi connectivity index (χ3v) is 7.15. The lowest BCUT2D eigenvalue weighted by molar-refractivity contribution is -0.137. The quantitative estimate of drug-likeness (QED) is 0.358. The Labute approximate surface area is 195 Å². The van der Waals surface area contributed by atoms with Gasteiger partial charge in [-0.05, 0) is 48.4 Å². The van der Waals surface area contributed by atoms with Crippen LogP contribution in [0.2, 0.25) is 5.02 Å². The average Bonchev–Trinajstić information content (AvgIpc) is 3.21. The molecule has 11 heteroatoms. The second-order valence-corrected chi connectivity index (χ2v) is 9.60. The number of anilines is 2. The van der Waals surface area contributed by atoms with Crippen LogP contribution in [0.1, 0.15) is 28.8 Å². The van der Waals surface area contributed by atoms with E-state index in [1.54, 1.807) is 11.2 Å². The molecule has 2 aromatic carbocycles. The number of hydrogen-bond donors (Lipinski definition) is 1. The number of halogens is 7. The van der Waals surface area contributed by atoms with E-state index >= 15 is 0 Å². The molecule has 1 heterocycles. The summed E-state index contributed by atoms with van der Waals surface area (Å²) in [5.41, 5.74) is -0.987. The van der Waals surface area contributed by atoms with Gasteiger partial charge in [-0.3, -0.25) is 4.79 Å². The van der Waals surface area contributed by atoms with Gasteiger partial charge in [0.25, 0.3) is 5.91 Å². The van der Waals surface area contributed by atoms with Gasteiger partial charge in [-0.2, -0.15) is 13.2 Å². The van der Waals surface area contributed by atoms with Gasteiger partial charge in [0.15, 0.2) is 0 Å². The zero-order valence-electron chi connectivity index (χ0n) is 17.3. The fraction of sp³-hybridized carbons (Fsp3) is 0.409. The van der Waals surface area contributed by atoms with Crippen molar-refractivity contribution in [3.8, 4) is 0 Å². The lowest BCUT2D eigenvalue weighted by Crippen LogP contribution is -2.27. The number of carbonyl (C=O) groups is 1. The molecule has 2 atom stereocenters. The summed E-state index contributed by atoms with van der Waals surface area (Å²) in [6, 6.07) is 5.65. The highest BCUT2D eigenvalue weighted by Crippen LogP contribution is 2.49. The van der Waals surface area contributed by atoms with E-state index in [9.17, 15) is 31.1 Å². The van der Waals surface area contributed by atoms with Gasteiger partial charge in [0.1, 0.15) is 5.82 Å². The number of hydrogen-bond acceptors (Lipinski definition) is 3. The number of nitrogens with one attached hydrogen (secondary N) is 1. The SMILES string of the molecule is CSc1cc(NC(=O)c2cc(Cl)c(C(F)(F)F)cc2N2C[C@@H]3CC(F)(F)C[C@@H]3C2)ccc1F. The molecule has 2 aliphatic rings. The van der Waals surface area contributed by atoms with Crippen LogP contribution in [-0.4, -0.2) is 31.2 Å². The lowest BCUT2D eigenvalue weighted by atomic mass is 10.0. The van der Waals surface area contributed by atoms with Crippen molar-refractivity contribution in [3.63, 3.8) is 0 Å². The molecule has 4 rings (SSSR count). The minimum Gasteiger partial charge on any atom is -0.370 e. The van der Waals surface area contributed by atoms with Crippen molar-refractivity contribution in [2.45, 2.75) is 29.8 Å². The first-order valence-corrected chi connectivity index (χ1v) is 11.7. The molecule has 2 fully saturated rings. The largest absolute Gasteiger partial charge is 0.417 e. The van der Waals surface area contributed by atoms with Crippen molar-refractivity contribution in [1.29, 1.82) is 0 Å². The van der Waals surface area contributed by atoms with Crippen LogP contribution < -0.4 is 10.2 Å². The van der Waals surface area contributed by atoms with E-state index in [4.69, 9.17) is 11.6 Å². The molecule has 1 saturated carbocycles. The molecule has 2 aromatic rings. The van der Waals surface area contributed by atoms with Gasteiger partial charge in [0.2, 0.25) is 5.92 Å². The number of fused-ring (bicyclic) bond motifs is 1. The van der Waals surface area contributed by atoms with Gasteiger partial charge in [0, 0.05) is 36.5 Å². The van der Waals surface area contributed by atoms with E-state index in [0.717, 1.165) is 23.9 Å². The fourth-order valence-electron chi connectivity index (χ4n) is 4.61. The molecule has 3 nitrogen and oxygen atoms in total. The molecule has 0 unspecified atom stereocenters. The number of benzene rings is 2. The Hall–Kier alpha value is -2.07. The molecule has 1 aliphatic heterocycles. The third kappa shape index (κ3) is 4.91. The Morgan fingerprint density at radius 3 is 2.36 bits per heavy atom. The van der Waals surface area contributed by atoms with Crippen molar-refractivity contribution in [2.24, 2.45) is 11.8 Å². The van der Waals surface area contributed by atoms with E-state index in [1.165, 1.54) is 18.2 Å². The van der Waals surface area contributed by atoms with Crippen LogP contribution in [0.3, 0.4) is 0 Å². The summed E-state index contributed by atoms with van der Waals surface area (Å²) in [6.07, 6.45) is -3.76. The second-order valence-electron chi connectivity index (χ2n) is 8.34. The summed E-state index contributed by atoms with van der Waals surface area (Å²) in [7, 11) is 0. The number of alkyl halides is 5. The molecule has 1 N–H and O–H groups in total. The summed E-state index contributed by atoms with van der Waals surface area (Å²) in [5, 5.41) is 1.92. The van der Waals surface area contributed by atoms with Crippen molar-refractivity contribution >= 4 is 40.6 Å². The van der Waals surface area contributed by atoms with E-state index in [0.29, 0.717) is 0 Å². The van der Waals surface area contributed by atoms with Gasteiger partial charge in [-0.25, -0.2) is 13.2 Å². The first-order chi connectivity index (χ1) is 15.4. The summed E-state index contributed by atoms with van der Waals surface area (Å²) in [6.45, 7) is 0.235. The van der Waals surface area contributed by atoms with E-state index in [1.807, 2.05) is 0 Å². The average molecular weight is 509 g/mol. The van der Waals surface area contributed by atoms with Crippen LogP contribution in [0.5, 0.6) is 0 Å². The van der Waals surface area contributed by atoms with E-state index in [2.05, 4.69) is 5.32 Å². The Morgan fingerprint density at radius 1 is 1.15 bits per heavy atom. The standard InChI is InChI=1S/C22H19ClF6N2OS/c1-33-19-4-13(2-3-17(19)24)30-20(32)14-5-16(23)15(22(27,28)29)6-18(14)31-9-11-7-21(25,26)8-12(11)10-31/h2-6,11-12H,7-10H2,1H3,(H,30,32)/t11-,12+. The van der Waals surface area contributed by atoms with Crippen LogP contribution in [0, 0.1) is 17.7 Å². The van der Waals surface area contributed by atoms with Gasteiger partial charge in [0.05, 0.1) is 21.8 Å². The minimum atomic E-state index is -4.76. The topological polar surface area (TPSA) is 32.3 Å². The van der Waals surface area contributed by atoms with Crippen LogP contribution in [0.25, 0.3) is 0 Å². The first-order valence-electron chi connectivity index (χ1n) is 10.1. The van der Waals surface area contributed by atoms with Crippen molar-refractivity contribution < 1.29 is 31.1 Å². The molecule has 1 aliphatic carbocycles. The molecule has 33 heavy (non-hydrogen) atoms. The van der Waals surface area contributed by atoms with Gasteiger partial charge < -0.3 is 10.2 Å². The molecule has 1 saturated heterocycles. The zero-order chi connectivity index (χ0) is 24.1. The molecule has 178 valence electrons. The second kappa shape index (κ2) is 8.61. The Kier molecular flexibility index (Phi) is 6.28. The van der Waals surface area contributed by atoms with Crippen molar-refractivity contribution in [2.75, 3.05) is 29.6 Å². The van der Waals surface area contributed by atoms with Crippen LogP contribution in [-0.2, 0) is 6.18 Å². The van der Waals surface area contributed by atoms with Crippen molar-refractivity contribution in [1.82, 2.24) is 0 Å². The lowest BCUT2D eigenvalue weighted by Gasteiger charge is -2.25. The van der Waals surface area contributed by atoms with Gasteiger partial charge in [-0.15, -0.1) is 11.8 Å². The molecule has 0 spiro atoms. The number of thioether (sulfide) groups is 1. The first kappa shape index (κ1) is 24.1. The fourth-order valence-corrected chi connectivity index (χ4v) is 5.39. The van der Waals surface area contributed by atoms with Crippen LogP contribution >= 0.6 is 23.4 Å². The zero-order valence-corrected chi connectivity index (χ0v) is 18.9. The monoisotopic (exact) mass is 508 g/mol. The van der Waals surface area contributed by atoms with Gasteiger partial charge in [-0.1, -0.05) is 11.6 Å². The number of carbonyl (C=O) groups excluding carboxylic acids is 1. The predicted octanol–water partition coefficient (Wildman–Crippen LogP) is 6.95. The number of nitrogens with zero attached hydrogens (tertiary/aromatic N) is 1. The number of rotatable bonds is 4. The normalized spacial score (nSPS) is 21.9. The highest BCUT2D eigenvalue weighted by Gasteiger charge is 2.50. The summed E-state index contributed by atoms with van der Waals surface area (Å²) >= 11 is 7.00. The smallest absolute Gasteiger partial charge is 0.370 e. The number of amides is 1. The molecule has 0 aromatic heterocycles. The highest BCUT2D eigenvalue weighted by molar-refractivity contribution is 7.98. The Bertz CT molecular complexity index is 1080. The third-order valence-electron chi connectivity index (χ3n) is 6.08. The summed E-state index contributed by atoms with van der Waals surface area (Å²) in [4.78, 5) is 14.9. The minimum absolute atomic E-state index is 0.0193. The molecular formula is C22H19ClF6N2OS. The van der Waals surface area contributed by atoms with Crippen LogP contribution in [0.15, 0.2) is 35.2 Å². The maximum Gasteiger partial charge on any atom is 0.417 e. The molecular weight excluding hydrogens is 490 g/mol. The molecule has 0 bridgehead atoms. The van der Waals surface area contributed by atoms with E-state index < -0.39 is 34.4 Å². The molecule has 0 radical (unpaired) electrons. The summed E-state index contributed by atoms with van der Waals surface area (Å²) in [5.74, 6) is -4.73. The molecule has 1 amide bonds. The Morgan fingerprint density at radius 2 is 1.79 bits per heavy atom. The van der Waals surface area contributed by atoms with Gasteiger partial charge >= 0.3 is 6.18 Å². The van der Waals surface area contributed by atoms with E-state index in [-0.39, 0.29) is 59.6 Å². The van der Waals surface area contributed by atoms with Crippen molar-refractivity contribution in [3.05, 3.63) is 52.3 Å². The summed E-state index contributed by atoms with van der Waals surface area (Å²) < 4.78 is 81.7.